The summed E-state index contributed by atoms with van der Waals surface area (Å²) in [7, 11) is 3.47. The van der Waals surface area contributed by atoms with E-state index in [0.29, 0.717) is 36.3 Å². The van der Waals surface area contributed by atoms with Gasteiger partial charge < -0.3 is 9.30 Å². The molecule has 0 aliphatic carbocycles. The van der Waals surface area contributed by atoms with Gasteiger partial charge in [0.25, 0.3) is 5.56 Å². The number of aromatic nitrogens is 3. The summed E-state index contributed by atoms with van der Waals surface area (Å²) >= 11 is 0. The molecule has 4 aromatic rings. The Morgan fingerprint density at radius 3 is 2.39 bits per heavy atom. The van der Waals surface area contributed by atoms with Crippen molar-refractivity contribution in [1.82, 2.24) is 13.7 Å². The van der Waals surface area contributed by atoms with Crippen molar-refractivity contribution < 1.29 is 4.74 Å². The molecule has 28 heavy (non-hydrogen) atoms. The zero-order valence-electron chi connectivity index (χ0n) is 16.3. The van der Waals surface area contributed by atoms with Crippen LogP contribution in [0.5, 0.6) is 5.75 Å². The third kappa shape index (κ3) is 2.72. The Labute approximate surface area is 162 Å². The Kier molecular flexibility index (Phi) is 4.55. The molecule has 6 nitrogen and oxygen atoms in total. The second-order valence-corrected chi connectivity index (χ2v) is 6.86. The van der Waals surface area contributed by atoms with Gasteiger partial charge in [0.05, 0.1) is 18.1 Å². The monoisotopic (exact) mass is 377 g/mol. The van der Waals surface area contributed by atoms with E-state index < -0.39 is 0 Å². The van der Waals surface area contributed by atoms with Crippen LogP contribution in [-0.2, 0) is 26.6 Å². The molecule has 2 aromatic heterocycles. The molecule has 0 amide bonds. The smallest absolute Gasteiger partial charge is 0.331 e. The van der Waals surface area contributed by atoms with Crippen molar-refractivity contribution in [2.24, 2.45) is 7.05 Å². The van der Waals surface area contributed by atoms with Crippen LogP contribution in [0.2, 0.25) is 0 Å². The van der Waals surface area contributed by atoms with Crippen LogP contribution < -0.4 is 16.0 Å². The zero-order valence-corrected chi connectivity index (χ0v) is 16.3. The molecule has 2 heterocycles. The van der Waals surface area contributed by atoms with Gasteiger partial charge >= 0.3 is 5.69 Å². The zero-order chi connectivity index (χ0) is 19.8. The number of methoxy groups -OCH3 is 1. The maximum atomic E-state index is 13.3. The number of fused-ring (bicyclic) bond motifs is 3. The van der Waals surface area contributed by atoms with Gasteiger partial charge in [-0.15, -0.1) is 0 Å². The predicted molar refractivity (Wildman–Crippen MR) is 111 cm³/mol. The van der Waals surface area contributed by atoms with Crippen LogP contribution in [0.1, 0.15) is 12.5 Å². The minimum Gasteiger partial charge on any atom is -0.497 e. The number of hydrogen-bond acceptors (Lipinski definition) is 3. The Balaban J connectivity index is 1.98. The largest absolute Gasteiger partial charge is 0.497 e. The fourth-order valence-electron chi connectivity index (χ4n) is 3.88. The van der Waals surface area contributed by atoms with Crippen molar-refractivity contribution in [1.29, 1.82) is 0 Å². The van der Waals surface area contributed by atoms with E-state index in [4.69, 9.17) is 4.74 Å². The molecule has 0 radical (unpaired) electrons. The van der Waals surface area contributed by atoms with Crippen LogP contribution >= 0.6 is 0 Å². The minimum absolute atomic E-state index is 0.252. The van der Waals surface area contributed by atoms with Gasteiger partial charge in [-0.25, -0.2) is 4.79 Å². The second-order valence-electron chi connectivity index (χ2n) is 6.86. The first-order chi connectivity index (χ1) is 13.6. The summed E-state index contributed by atoms with van der Waals surface area (Å²) in [5.74, 6) is 0.698. The molecular weight excluding hydrogens is 354 g/mol. The Morgan fingerprint density at radius 2 is 1.71 bits per heavy atom. The third-order valence-electron chi connectivity index (χ3n) is 5.34. The van der Waals surface area contributed by atoms with Crippen LogP contribution in [0.15, 0.2) is 58.1 Å². The van der Waals surface area contributed by atoms with Gasteiger partial charge in [0.2, 0.25) is 0 Å². The van der Waals surface area contributed by atoms with Crippen LogP contribution in [0.4, 0.5) is 0 Å². The molecule has 0 aliphatic heterocycles. The van der Waals surface area contributed by atoms with E-state index >= 15 is 0 Å². The quantitative estimate of drug-likeness (QED) is 0.537. The molecule has 0 unspecified atom stereocenters. The average molecular weight is 377 g/mol. The van der Waals surface area contributed by atoms with Crippen molar-refractivity contribution in [3.8, 4) is 5.75 Å². The van der Waals surface area contributed by atoms with Crippen molar-refractivity contribution >= 4 is 21.9 Å². The third-order valence-corrected chi connectivity index (χ3v) is 5.34. The van der Waals surface area contributed by atoms with Gasteiger partial charge in [0.15, 0.2) is 0 Å². The van der Waals surface area contributed by atoms with Crippen LogP contribution in [-0.4, -0.2) is 20.8 Å². The number of benzene rings is 2. The first-order valence-corrected chi connectivity index (χ1v) is 9.40. The van der Waals surface area contributed by atoms with E-state index in [2.05, 4.69) is 0 Å². The molecule has 0 spiro atoms. The topological polar surface area (TPSA) is 58.2 Å². The highest BCUT2D eigenvalue weighted by Gasteiger charge is 2.20. The SMILES string of the molecule is CCn1c(=O)n(CCc2ccccc2)c(=O)c2c1c1cc(OC)ccc1n2C. The molecular formula is C22H23N3O3. The summed E-state index contributed by atoms with van der Waals surface area (Å²) in [5, 5.41) is 0.850. The number of ether oxygens (including phenoxy) is 1. The Hall–Kier alpha value is -3.28. The normalized spacial score (nSPS) is 11.4. The number of aryl methyl sites for hydroxylation is 3. The van der Waals surface area contributed by atoms with E-state index in [9.17, 15) is 9.59 Å². The molecule has 2 aromatic carbocycles. The molecule has 4 rings (SSSR count). The van der Waals surface area contributed by atoms with Crippen LogP contribution in [0.3, 0.4) is 0 Å². The molecule has 0 N–H and O–H groups in total. The summed E-state index contributed by atoms with van der Waals surface area (Å²) in [6.45, 7) is 2.76. The van der Waals surface area contributed by atoms with Crippen molar-refractivity contribution in [3.63, 3.8) is 0 Å². The summed E-state index contributed by atoms with van der Waals surface area (Å²) in [4.78, 5) is 26.4. The van der Waals surface area contributed by atoms with Gasteiger partial charge in [-0.3, -0.25) is 13.9 Å². The Bertz CT molecular complexity index is 1280. The number of hydrogen-bond donors (Lipinski definition) is 0. The van der Waals surface area contributed by atoms with Gasteiger partial charge in [0.1, 0.15) is 11.3 Å². The van der Waals surface area contributed by atoms with Gasteiger partial charge in [-0.2, -0.15) is 0 Å². The lowest BCUT2D eigenvalue weighted by Crippen LogP contribution is -2.40. The van der Waals surface area contributed by atoms with Gasteiger partial charge in [0, 0.05) is 25.5 Å². The van der Waals surface area contributed by atoms with E-state index in [0.717, 1.165) is 16.5 Å². The molecule has 6 heteroatoms. The van der Waals surface area contributed by atoms with Crippen molar-refractivity contribution in [2.45, 2.75) is 26.4 Å². The molecule has 0 saturated heterocycles. The van der Waals surface area contributed by atoms with Gasteiger partial charge in [-0.05, 0) is 37.1 Å². The first-order valence-electron chi connectivity index (χ1n) is 9.40. The van der Waals surface area contributed by atoms with E-state index in [1.807, 2.05) is 67.1 Å². The fraction of sp³-hybridized carbons (Fsp3) is 0.273. The molecule has 0 atom stereocenters. The Morgan fingerprint density at radius 1 is 0.964 bits per heavy atom. The van der Waals surface area contributed by atoms with Gasteiger partial charge in [-0.1, -0.05) is 30.3 Å². The van der Waals surface area contributed by atoms with E-state index in [-0.39, 0.29) is 11.2 Å². The molecule has 0 fully saturated rings. The maximum absolute atomic E-state index is 13.3. The standard InChI is InChI=1S/C22H23N3O3/c1-4-24-19-17-14-16(28-3)10-11-18(17)23(2)20(19)21(26)25(22(24)27)13-12-15-8-6-5-7-9-15/h5-11,14H,4,12-13H2,1-3H3. The lowest BCUT2D eigenvalue weighted by molar-refractivity contribution is 0.415. The number of rotatable bonds is 5. The van der Waals surface area contributed by atoms with E-state index in [1.165, 1.54) is 4.57 Å². The highest BCUT2D eigenvalue weighted by atomic mass is 16.5. The summed E-state index contributed by atoms with van der Waals surface area (Å²) in [6.07, 6.45) is 0.628. The maximum Gasteiger partial charge on any atom is 0.331 e. The lowest BCUT2D eigenvalue weighted by atomic mass is 10.1. The fourth-order valence-corrected chi connectivity index (χ4v) is 3.88. The van der Waals surface area contributed by atoms with Crippen molar-refractivity contribution in [2.75, 3.05) is 7.11 Å². The van der Waals surface area contributed by atoms with Crippen LogP contribution in [0.25, 0.3) is 21.9 Å². The second kappa shape index (κ2) is 7.03. The average Bonchev–Trinajstić information content (AvgIpc) is 3.01. The molecule has 0 bridgehead atoms. The van der Waals surface area contributed by atoms with Crippen LogP contribution in [0, 0.1) is 0 Å². The summed E-state index contributed by atoms with van der Waals surface area (Å²) < 4.78 is 10.3. The first kappa shape index (κ1) is 18.1. The molecule has 0 saturated carbocycles. The highest BCUT2D eigenvalue weighted by Crippen LogP contribution is 2.28. The minimum atomic E-state index is -0.272. The number of nitrogens with zero attached hydrogens (tertiary/aromatic N) is 3. The van der Waals surface area contributed by atoms with Crippen molar-refractivity contribution in [3.05, 3.63) is 74.9 Å². The summed E-state index contributed by atoms with van der Waals surface area (Å²) in [6, 6.07) is 15.6. The molecule has 144 valence electrons. The van der Waals surface area contributed by atoms with E-state index in [1.54, 1.807) is 11.7 Å². The predicted octanol–water partition coefficient (Wildman–Crippen LogP) is 2.93. The lowest BCUT2D eigenvalue weighted by Gasteiger charge is -2.11. The summed E-state index contributed by atoms with van der Waals surface area (Å²) in [5.41, 5.74) is 2.68. The molecule has 0 aliphatic rings. The highest BCUT2D eigenvalue weighted by molar-refractivity contribution is 6.06.